The fraction of sp³-hybridized carbons (Fsp3) is 0.917. The lowest BCUT2D eigenvalue weighted by atomic mass is 10.3. The van der Waals surface area contributed by atoms with Gasteiger partial charge in [-0.15, -0.1) is 0 Å². The average Bonchev–Trinajstić information content (AvgIpc) is 2.36. The molecule has 7 heteroatoms. The molecule has 0 fully saturated rings. The van der Waals surface area contributed by atoms with Crippen LogP contribution in [0.3, 0.4) is 0 Å². The maximum atomic E-state index is 11.9. The second kappa shape index (κ2) is 9.28. The third kappa shape index (κ3) is 7.49. The summed E-state index contributed by atoms with van der Waals surface area (Å²) in [6, 6.07) is 0. The maximum Gasteiger partial charge on any atom is 0.304 e. The third-order valence-electron chi connectivity index (χ3n) is 3.10. The van der Waals surface area contributed by atoms with Crippen molar-refractivity contribution in [1.29, 1.82) is 0 Å². The predicted octanol–water partition coefficient (Wildman–Crippen LogP) is 0.845. The van der Waals surface area contributed by atoms with Crippen LogP contribution in [0.1, 0.15) is 33.6 Å². The first-order chi connectivity index (χ1) is 8.87. The van der Waals surface area contributed by atoms with E-state index in [-0.39, 0.29) is 12.2 Å². The Balaban J connectivity index is 4.29. The molecule has 114 valence electrons. The Hall–Kier alpha value is -0.660. The van der Waals surface area contributed by atoms with Gasteiger partial charge >= 0.3 is 5.97 Å². The molecule has 0 amide bonds. The van der Waals surface area contributed by atoms with E-state index in [4.69, 9.17) is 5.11 Å². The summed E-state index contributed by atoms with van der Waals surface area (Å²) in [6.07, 6.45) is 0.427. The number of hydrogen-bond donors (Lipinski definition) is 1. The van der Waals surface area contributed by atoms with Crippen molar-refractivity contribution in [2.75, 3.05) is 38.5 Å². The van der Waals surface area contributed by atoms with Crippen molar-refractivity contribution >= 4 is 16.0 Å². The Bertz CT molecular complexity index is 353. The summed E-state index contributed by atoms with van der Waals surface area (Å²) >= 11 is 0. The van der Waals surface area contributed by atoms with Gasteiger partial charge in [-0.2, -0.15) is 0 Å². The van der Waals surface area contributed by atoms with Crippen LogP contribution in [0.5, 0.6) is 0 Å². The van der Waals surface area contributed by atoms with Gasteiger partial charge < -0.3 is 10.0 Å². The molecule has 0 aliphatic carbocycles. The van der Waals surface area contributed by atoms with E-state index in [1.54, 1.807) is 6.92 Å². The van der Waals surface area contributed by atoms with Gasteiger partial charge in [0.1, 0.15) is 0 Å². The van der Waals surface area contributed by atoms with Crippen LogP contribution in [0.2, 0.25) is 0 Å². The Kier molecular flexibility index (Phi) is 8.95. The number of rotatable bonds is 11. The van der Waals surface area contributed by atoms with Gasteiger partial charge in [0.05, 0.1) is 12.2 Å². The molecule has 0 radical (unpaired) electrons. The first-order valence-corrected chi connectivity index (χ1v) is 8.40. The van der Waals surface area contributed by atoms with Crippen LogP contribution in [-0.4, -0.2) is 67.2 Å². The molecule has 0 heterocycles. The van der Waals surface area contributed by atoms with Crippen LogP contribution in [0.25, 0.3) is 0 Å². The molecule has 0 unspecified atom stereocenters. The molecule has 6 nitrogen and oxygen atoms in total. The van der Waals surface area contributed by atoms with Crippen molar-refractivity contribution in [3.63, 3.8) is 0 Å². The number of carboxylic acid groups (broad SMARTS) is 1. The Labute approximate surface area is 116 Å². The first-order valence-electron chi connectivity index (χ1n) is 6.79. The summed E-state index contributed by atoms with van der Waals surface area (Å²) in [5, 5.41) is 8.55. The average molecular weight is 294 g/mol. The summed E-state index contributed by atoms with van der Waals surface area (Å²) in [5.41, 5.74) is 0. The minimum Gasteiger partial charge on any atom is -0.481 e. The third-order valence-corrected chi connectivity index (χ3v) is 5.04. The van der Waals surface area contributed by atoms with Crippen molar-refractivity contribution < 1.29 is 18.3 Å². The standard InChI is InChI=1S/C12H26N2O4S/c1-4-13(5-2)9-7-10-14(6-3)19(17,18)11-8-12(15)16/h4-11H2,1-3H3,(H,15,16). The van der Waals surface area contributed by atoms with Gasteiger partial charge in [-0.05, 0) is 26.1 Å². The highest BCUT2D eigenvalue weighted by molar-refractivity contribution is 7.89. The number of hydrogen-bond acceptors (Lipinski definition) is 4. The maximum absolute atomic E-state index is 11.9. The van der Waals surface area contributed by atoms with Gasteiger partial charge in [0.2, 0.25) is 10.0 Å². The summed E-state index contributed by atoms with van der Waals surface area (Å²) in [5.74, 6) is -1.40. The zero-order valence-corrected chi connectivity index (χ0v) is 12.9. The largest absolute Gasteiger partial charge is 0.481 e. The summed E-state index contributed by atoms with van der Waals surface area (Å²) in [4.78, 5) is 12.7. The van der Waals surface area contributed by atoms with Crippen molar-refractivity contribution in [3.05, 3.63) is 0 Å². The van der Waals surface area contributed by atoms with E-state index in [9.17, 15) is 13.2 Å². The SMILES string of the molecule is CCN(CC)CCCN(CC)S(=O)(=O)CCC(=O)O. The minimum atomic E-state index is -3.44. The van der Waals surface area contributed by atoms with Gasteiger partial charge in [-0.1, -0.05) is 20.8 Å². The Morgan fingerprint density at radius 1 is 1.05 bits per heavy atom. The normalized spacial score (nSPS) is 12.3. The predicted molar refractivity (Wildman–Crippen MR) is 75.7 cm³/mol. The molecule has 0 bridgehead atoms. The zero-order chi connectivity index (χ0) is 14.9. The number of aliphatic carboxylic acids is 1. The van der Waals surface area contributed by atoms with Crippen LogP contribution in [0.4, 0.5) is 0 Å². The second-order valence-corrected chi connectivity index (χ2v) is 6.42. The molecular formula is C12H26N2O4S. The lowest BCUT2D eigenvalue weighted by molar-refractivity contribution is -0.136. The molecule has 0 atom stereocenters. The smallest absolute Gasteiger partial charge is 0.304 e. The highest BCUT2D eigenvalue weighted by atomic mass is 32.2. The van der Waals surface area contributed by atoms with Gasteiger partial charge in [0, 0.05) is 13.1 Å². The minimum absolute atomic E-state index is 0.318. The molecule has 0 saturated carbocycles. The second-order valence-electron chi connectivity index (χ2n) is 4.33. The first kappa shape index (κ1) is 18.3. The monoisotopic (exact) mass is 294 g/mol. The molecule has 0 aliphatic rings. The van der Waals surface area contributed by atoms with Gasteiger partial charge in [-0.25, -0.2) is 12.7 Å². The van der Waals surface area contributed by atoms with Crippen molar-refractivity contribution in [2.45, 2.75) is 33.6 Å². The molecular weight excluding hydrogens is 268 g/mol. The topological polar surface area (TPSA) is 77.9 Å². The van der Waals surface area contributed by atoms with E-state index < -0.39 is 16.0 Å². The number of carboxylic acids is 1. The molecule has 0 aliphatic heterocycles. The van der Waals surface area contributed by atoms with Crippen molar-refractivity contribution in [1.82, 2.24) is 9.21 Å². The highest BCUT2D eigenvalue weighted by Crippen LogP contribution is 2.05. The molecule has 19 heavy (non-hydrogen) atoms. The van der Waals surface area contributed by atoms with E-state index >= 15 is 0 Å². The van der Waals surface area contributed by atoms with Crippen LogP contribution >= 0.6 is 0 Å². The molecule has 0 rings (SSSR count). The number of nitrogens with zero attached hydrogens (tertiary/aromatic N) is 2. The molecule has 0 saturated heterocycles. The molecule has 0 aromatic rings. The van der Waals surface area contributed by atoms with E-state index in [0.717, 1.165) is 26.1 Å². The van der Waals surface area contributed by atoms with E-state index in [2.05, 4.69) is 18.7 Å². The van der Waals surface area contributed by atoms with E-state index in [0.29, 0.717) is 13.1 Å². The van der Waals surface area contributed by atoms with E-state index in [1.165, 1.54) is 4.31 Å². The number of sulfonamides is 1. The molecule has 0 spiro atoms. The summed E-state index contributed by atoms with van der Waals surface area (Å²) in [7, 11) is -3.44. The van der Waals surface area contributed by atoms with Gasteiger partial charge in [0.25, 0.3) is 0 Å². The highest BCUT2D eigenvalue weighted by Gasteiger charge is 2.21. The Morgan fingerprint density at radius 3 is 2.05 bits per heavy atom. The lowest BCUT2D eigenvalue weighted by Gasteiger charge is -2.23. The summed E-state index contributed by atoms with van der Waals surface area (Å²) < 4.78 is 25.2. The van der Waals surface area contributed by atoms with Crippen LogP contribution < -0.4 is 0 Å². The van der Waals surface area contributed by atoms with Gasteiger partial charge in [0.15, 0.2) is 0 Å². The molecule has 0 aromatic carbocycles. The van der Waals surface area contributed by atoms with Crippen molar-refractivity contribution in [3.8, 4) is 0 Å². The van der Waals surface area contributed by atoms with Crippen LogP contribution in [-0.2, 0) is 14.8 Å². The van der Waals surface area contributed by atoms with Crippen molar-refractivity contribution in [2.24, 2.45) is 0 Å². The fourth-order valence-corrected chi connectivity index (χ4v) is 3.34. The zero-order valence-electron chi connectivity index (χ0n) is 12.1. The summed E-state index contributed by atoms with van der Waals surface area (Å²) in [6.45, 7) is 9.53. The number of carbonyl (C=O) groups is 1. The van der Waals surface area contributed by atoms with Crippen LogP contribution in [0.15, 0.2) is 0 Å². The lowest BCUT2D eigenvalue weighted by Crippen LogP contribution is -2.36. The van der Waals surface area contributed by atoms with E-state index in [1.807, 2.05) is 0 Å². The van der Waals surface area contributed by atoms with Gasteiger partial charge in [-0.3, -0.25) is 4.79 Å². The Morgan fingerprint density at radius 2 is 1.63 bits per heavy atom. The molecule has 1 N–H and O–H groups in total. The quantitative estimate of drug-likeness (QED) is 0.611. The van der Waals surface area contributed by atoms with Crippen LogP contribution in [0, 0.1) is 0 Å². The molecule has 0 aromatic heterocycles. The fourth-order valence-electron chi connectivity index (χ4n) is 1.85.